The Kier molecular flexibility index (Phi) is 6.36. The van der Waals surface area contributed by atoms with Crippen molar-refractivity contribution < 1.29 is 9.18 Å². The highest BCUT2D eigenvalue weighted by atomic mass is 32.1. The minimum absolute atomic E-state index is 0.0238. The van der Waals surface area contributed by atoms with E-state index >= 15 is 0 Å². The quantitative estimate of drug-likeness (QED) is 0.890. The lowest BCUT2D eigenvalue weighted by molar-refractivity contribution is 0.197. The van der Waals surface area contributed by atoms with Gasteiger partial charge in [0.25, 0.3) is 0 Å². The van der Waals surface area contributed by atoms with Crippen LogP contribution >= 0.6 is 11.3 Å². The first-order valence-electron chi connectivity index (χ1n) is 8.59. The Morgan fingerprint density at radius 3 is 2.92 bits per heavy atom. The third-order valence-electron chi connectivity index (χ3n) is 4.33. The van der Waals surface area contributed by atoms with E-state index in [0.29, 0.717) is 25.2 Å². The van der Waals surface area contributed by atoms with Crippen molar-refractivity contribution in [2.75, 3.05) is 32.7 Å². The van der Waals surface area contributed by atoms with E-state index in [1.807, 2.05) is 22.4 Å². The molecular weight excluding hydrogens is 339 g/mol. The third kappa shape index (κ3) is 5.24. The number of nitrogens with zero attached hydrogens (tertiary/aromatic N) is 3. The van der Waals surface area contributed by atoms with Crippen LogP contribution in [0.3, 0.4) is 0 Å². The molecule has 1 N–H and O–H groups in total. The first-order valence-corrected chi connectivity index (χ1v) is 9.47. The van der Waals surface area contributed by atoms with Crippen LogP contribution < -0.4 is 5.32 Å². The molecule has 2 amide bonds. The Morgan fingerprint density at radius 1 is 1.24 bits per heavy atom. The van der Waals surface area contributed by atoms with Gasteiger partial charge < -0.3 is 10.2 Å². The van der Waals surface area contributed by atoms with Gasteiger partial charge in [0.2, 0.25) is 0 Å². The van der Waals surface area contributed by atoms with Gasteiger partial charge in [0, 0.05) is 62.8 Å². The summed E-state index contributed by atoms with van der Waals surface area (Å²) >= 11 is 1.60. The first kappa shape index (κ1) is 17.8. The summed E-state index contributed by atoms with van der Waals surface area (Å²) < 4.78 is 13.8. The SMILES string of the molecule is O=C(NCCc1nccs1)N1CCCN(Cc2ccccc2F)CC1. The molecule has 1 aliphatic heterocycles. The predicted octanol–water partition coefficient (Wildman–Crippen LogP) is 2.74. The fraction of sp³-hybridized carbons (Fsp3) is 0.444. The average Bonchev–Trinajstić information content (AvgIpc) is 3.02. The Bertz CT molecular complexity index is 679. The predicted molar refractivity (Wildman–Crippen MR) is 97.1 cm³/mol. The molecular formula is C18H23FN4OS. The van der Waals surface area contributed by atoms with Gasteiger partial charge in [0.05, 0.1) is 5.01 Å². The number of benzene rings is 1. The Hall–Kier alpha value is -1.99. The second kappa shape index (κ2) is 8.92. The van der Waals surface area contributed by atoms with E-state index in [1.165, 1.54) is 6.07 Å². The maximum Gasteiger partial charge on any atom is 0.317 e. The van der Waals surface area contributed by atoms with E-state index in [-0.39, 0.29) is 11.8 Å². The highest BCUT2D eigenvalue weighted by molar-refractivity contribution is 7.09. The molecule has 25 heavy (non-hydrogen) atoms. The van der Waals surface area contributed by atoms with Gasteiger partial charge in [0.15, 0.2) is 0 Å². The molecule has 7 heteroatoms. The lowest BCUT2D eigenvalue weighted by atomic mass is 10.2. The van der Waals surface area contributed by atoms with Crippen LogP contribution in [0.15, 0.2) is 35.8 Å². The maximum atomic E-state index is 13.8. The molecule has 2 heterocycles. The second-order valence-corrected chi connectivity index (χ2v) is 7.10. The van der Waals surface area contributed by atoms with Crippen LogP contribution in [0.1, 0.15) is 17.0 Å². The number of carbonyl (C=O) groups is 1. The number of rotatable bonds is 5. The Labute approximate surface area is 151 Å². The molecule has 5 nitrogen and oxygen atoms in total. The molecule has 3 rings (SSSR count). The lowest BCUT2D eigenvalue weighted by Crippen LogP contribution is -2.42. The highest BCUT2D eigenvalue weighted by Gasteiger charge is 2.19. The average molecular weight is 362 g/mol. The fourth-order valence-electron chi connectivity index (χ4n) is 2.96. The first-order chi connectivity index (χ1) is 12.2. The van der Waals surface area contributed by atoms with Crippen molar-refractivity contribution in [3.63, 3.8) is 0 Å². The van der Waals surface area contributed by atoms with E-state index in [2.05, 4.69) is 15.2 Å². The van der Waals surface area contributed by atoms with Gasteiger partial charge in [-0.05, 0) is 12.5 Å². The zero-order valence-corrected chi connectivity index (χ0v) is 15.0. The van der Waals surface area contributed by atoms with Crippen molar-refractivity contribution in [1.82, 2.24) is 20.1 Å². The number of amides is 2. The minimum Gasteiger partial charge on any atom is -0.338 e. The minimum atomic E-state index is -0.163. The van der Waals surface area contributed by atoms with Crippen molar-refractivity contribution in [1.29, 1.82) is 0 Å². The summed E-state index contributed by atoms with van der Waals surface area (Å²) in [6.45, 7) is 4.22. The molecule has 1 aromatic heterocycles. The molecule has 0 unspecified atom stereocenters. The monoisotopic (exact) mass is 362 g/mol. The number of thiazole rings is 1. The number of carbonyl (C=O) groups excluding carboxylic acids is 1. The van der Waals surface area contributed by atoms with Crippen molar-refractivity contribution >= 4 is 17.4 Å². The van der Waals surface area contributed by atoms with Gasteiger partial charge in [-0.15, -0.1) is 11.3 Å². The molecule has 0 atom stereocenters. The number of urea groups is 1. The van der Waals surface area contributed by atoms with Gasteiger partial charge in [-0.1, -0.05) is 18.2 Å². The molecule has 134 valence electrons. The van der Waals surface area contributed by atoms with Gasteiger partial charge in [-0.2, -0.15) is 0 Å². The third-order valence-corrected chi connectivity index (χ3v) is 5.17. The van der Waals surface area contributed by atoms with Crippen LogP contribution in [0.25, 0.3) is 0 Å². The topological polar surface area (TPSA) is 48.5 Å². The summed E-state index contributed by atoms with van der Waals surface area (Å²) in [7, 11) is 0. The normalized spacial score (nSPS) is 15.8. The molecule has 1 aliphatic rings. The number of nitrogens with one attached hydrogen (secondary N) is 1. The molecule has 0 aliphatic carbocycles. The second-order valence-electron chi connectivity index (χ2n) is 6.12. The largest absolute Gasteiger partial charge is 0.338 e. The summed E-state index contributed by atoms with van der Waals surface area (Å²) in [5, 5.41) is 5.94. The van der Waals surface area contributed by atoms with E-state index < -0.39 is 0 Å². The maximum absolute atomic E-state index is 13.8. The number of hydrogen-bond acceptors (Lipinski definition) is 4. The molecule has 0 bridgehead atoms. The van der Waals surface area contributed by atoms with E-state index in [1.54, 1.807) is 23.6 Å². The van der Waals surface area contributed by atoms with Crippen molar-refractivity contribution in [2.45, 2.75) is 19.4 Å². The number of aromatic nitrogens is 1. The zero-order chi connectivity index (χ0) is 17.5. The lowest BCUT2D eigenvalue weighted by Gasteiger charge is -2.22. The molecule has 0 saturated carbocycles. The zero-order valence-electron chi connectivity index (χ0n) is 14.2. The Balaban J connectivity index is 1.44. The summed E-state index contributed by atoms with van der Waals surface area (Å²) in [4.78, 5) is 20.6. The van der Waals surface area contributed by atoms with E-state index in [9.17, 15) is 9.18 Å². The molecule has 1 aromatic carbocycles. The van der Waals surface area contributed by atoms with Crippen LogP contribution in [-0.2, 0) is 13.0 Å². The molecule has 1 saturated heterocycles. The smallest absolute Gasteiger partial charge is 0.317 e. The van der Waals surface area contributed by atoms with Crippen LogP contribution in [0.5, 0.6) is 0 Å². The van der Waals surface area contributed by atoms with Gasteiger partial charge in [0.1, 0.15) is 5.82 Å². The van der Waals surface area contributed by atoms with Gasteiger partial charge in [-0.3, -0.25) is 4.90 Å². The number of halogens is 1. The Morgan fingerprint density at radius 2 is 2.12 bits per heavy atom. The van der Waals surface area contributed by atoms with Crippen LogP contribution in [0, 0.1) is 5.82 Å². The van der Waals surface area contributed by atoms with Crippen LogP contribution in [-0.4, -0.2) is 53.5 Å². The van der Waals surface area contributed by atoms with Crippen molar-refractivity contribution in [2.24, 2.45) is 0 Å². The highest BCUT2D eigenvalue weighted by Crippen LogP contribution is 2.12. The van der Waals surface area contributed by atoms with E-state index in [4.69, 9.17) is 0 Å². The molecule has 1 fully saturated rings. The molecule has 0 spiro atoms. The number of hydrogen-bond donors (Lipinski definition) is 1. The summed E-state index contributed by atoms with van der Waals surface area (Å²) in [6.07, 6.45) is 3.44. The summed E-state index contributed by atoms with van der Waals surface area (Å²) in [6, 6.07) is 6.86. The standard InChI is InChI=1S/C18H23FN4OS/c19-16-5-2-1-4-15(16)14-22-9-3-10-23(12-11-22)18(24)21-7-6-17-20-8-13-25-17/h1-2,4-5,8,13H,3,6-7,9-12,14H2,(H,21,24). The molecule has 0 radical (unpaired) electrons. The van der Waals surface area contributed by atoms with Crippen LogP contribution in [0.4, 0.5) is 9.18 Å². The molecule has 2 aromatic rings. The summed E-state index contributed by atoms with van der Waals surface area (Å²) in [5.74, 6) is -0.163. The fourth-order valence-corrected chi connectivity index (χ4v) is 3.58. The van der Waals surface area contributed by atoms with Gasteiger partial charge in [-0.25, -0.2) is 14.2 Å². The van der Waals surface area contributed by atoms with Crippen molar-refractivity contribution in [3.8, 4) is 0 Å². The van der Waals surface area contributed by atoms with Crippen molar-refractivity contribution in [3.05, 3.63) is 52.2 Å². The van der Waals surface area contributed by atoms with Crippen LogP contribution in [0.2, 0.25) is 0 Å². The van der Waals surface area contributed by atoms with Gasteiger partial charge >= 0.3 is 6.03 Å². The van der Waals surface area contributed by atoms with E-state index in [0.717, 1.165) is 37.5 Å². The summed E-state index contributed by atoms with van der Waals surface area (Å²) in [5.41, 5.74) is 0.712.